The number of fused-ring (bicyclic) bond motifs is 1. The lowest BCUT2D eigenvalue weighted by atomic mass is 10.0. The Morgan fingerprint density at radius 3 is 2.42 bits per heavy atom. The summed E-state index contributed by atoms with van der Waals surface area (Å²) in [6.45, 7) is 3.44. The molecule has 1 aliphatic carbocycles. The number of benzene rings is 2. The van der Waals surface area contributed by atoms with Crippen molar-refractivity contribution in [1.29, 1.82) is 5.26 Å². The predicted molar refractivity (Wildman–Crippen MR) is 161 cm³/mol. The minimum absolute atomic E-state index is 0.131. The fourth-order valence-electron chi connectivity index (χ4n) is 5.97. The predicted octanol–water partition coefficient (Wildman–Crippen LogP) is 4.48. The van der Waals surface area contributed by atoms with E-state index in [9.17, 15) is 22.8 Å². The quantitative estimate of drug-likeness (QED) is 0.375. The van der Waals surface area contributed by atoms with Crippen LogP contribution in [-0.2, 0) is 17.7 Å². The lowest BCUT2D eigenvalue weighted by Crippen LogP contribution is -2.47. The standard InChI is InChI=1S/C31H32F2N6O3S/c32-30(33)19-37-11-13-38(14-12-37)25-4-1-21(2-5-25)23-16-27-28(17-23)35-20-36-31(27)22-3-6-29(24(15-22)18-34)42-26-7-9-39(10-8-26)43(40)41/h1-6,15-16,20,26,30H,7-14,17,19H2,(H,40,41). The topological polar surface area (TPSA) is 106 Å². The summed E-state index contributed by atoms with van der Waals surface area (Å²) in [5, 5.41) is 9.89. The molecular formula is C31H32F2N6O3S. The largest absolute Gasteiger partial charge is 0.489 e. The summed E-state index contributed by atoms with van der Waals surface area (Å²) in [6, 6.07) is 16.1. The summed E-state index contributed by atoms with van der Waals surface area (Å²) < 4.78 is 53.6. The van der Waals surface area contributed by atoms with Crippen LogP contribution in [0.25, 0.3) is 22.9 Å². The van der Waals surface area contributed by atoms with Crippen molar-refractivity contribution in [2.45, 2.75) is 31.8 Å². The van der Waals surface area contributed by atoms with Crippen LogP contribution in [0, 0.1) is 11.3 Å². The number of rotatable bonds is 8. The third kappa shape index (κ3) is 6.60. The molecule has 43 heavy (non-hydrogen) atoms. The number of alkyl halides is 2. The molecule has 2 aliphatic heterocycles. The number of piperidine rings is 1. The molecule has 1 N–H and O–H groups in total. The maximum atomic E-state index is 12.7. The molecule has 12 heteroatoms. The van der Waals surface area contributed by atoms with Gasteiger partial charge in [0.2, 0.25) is 11.3 Å². The second kappa shape index (κ2) is 12.9. The van der Waals surface area contributed by atoms with E-state index >= 15 is 0 Å². The van der Waals surface area contributed by atoms with Gasteiger partial charge in [0, 0.05) is 62.5 Å². The Kier molecular flexibility index (Phi) is 8.76. The highest BCUT2D eigenvalue weighted by Gasteiger charge is 2.25. The third-order valence-corrected chi connectivity index (χ3v) is 9.11. The smallest absolute Gasteiger partial charge is 0.251 e. The van der Waals surface area contributed by atoms with E-state index in [1.807, 2.05) is 11.0 Å². The van der Waals surface area contributed by atoms with Crippen LogP contribution in [0.3, 0.4) is 0 Å². The highest BCUT2D eigenvalue weighted by Crippen LogP contribution is 2.37. The number of allylic oxidation sites excluding steroid dienone is 1. The molecule has 1 aromatic heterocycles. The van der Waals surface area contributed by atoms with Gasteiger partial charge >= 0.3 is 0 Å². The van der Waals surface area contributed by atoms with Crippen LogP contribution < -0.4 is 9.64 Å². The molecule has 2 aromatic carbocycles. The Morgan fingerprint density at radius 1 is 1.02 bits per heavy atom. The molecule has 0 amide bonds. The number of hydrogen-bond acceptors (Lipinski definition) is 7. The Labute approximate surface area is 251 Å². The number of nitrogens with zero attached hydrogens (tertiary/aromatic N) is 6. The zero-order chi connectivity index (χ0) is 29.9. The Balaban J connectivity index is 1.16. The first-order valence-corrected chi connectivity index (χ1v) is 15.4. The number of aromatic nitrogens is 2. The van der Waals surface area contributed by atoms with E-state index in [4.69, 9.17) is 4.74 Å². The minimum atomic E-state index is -2.30. The van der Waals surface area contributed by atoms with Crippen LogP contribution in [0.2, 0.25) is 0 Å². The molecule has 3 aliphatic rings. The molecule has 1 atom stereocenters. The summed E-state index contributed by atoms with van der Waals surface area (Å²) in [6.07, 6.45) is 3.10. The van der Waals surface area contributed by atoms with Crippen LogP contribution in [-0.4, -0.2) is 86.3 Å². The van der Waals surface area contributed by atoms with Gasteiger partial charge in [-0.3, -0.25) is 9.45 Å². The highest BCUT2D eigenvalue weighted by atomic mass is 32.2. The van der Waals surface area contributed by atoms with E-state index in [-0.39, 0.29) is 12.6 Å². The average molecular weight is 607 g/mol. The van der Waals surface area contributed by atoms with Gasteiger partial charge in [0.15, 0.2) is 0 Å². The van der Waals surface area contributed by atoms with Gasteiger partial charge in [0.05, 0.1) is 23.5 Å². The van der Waals surface area contributed by atoms with E-state index in [0.29, 0.717) is 56.8 Å². The van der Waals surface area contributed by atoms with Gasteiger partial charge in [-0.2, -0.15) is 5.26 Å². The van der Waals surface area contributed by atoms with E-state index in [1.54, 1.807) is 18.5 Å². The second-order valence-corrected chi connectivity index (χ2v) is 11.9. The number of anilines is 1. The van der Waals surface area contributed by atoms with E-state index < -0.39 is 17.7 Å². The van der Waals surface area contributed by atoms with Gasteiger partial charge in [0.25, 0.3) is 6.43 Å². The number of halogens is 2. The van der Waals surface area contributed by atoms with Gasteiger partial charge in [-0.25, -0.2) is 27.3 Å². The summed E-state index contributed by atoms with van der Waals surface area (Å²) >= 11 is -1.98. The Morgan fingerprint density at radius 2 is 1.74 bits per heavy atom. The van der Waals surface area contributed by atoms with E-state index in [0.717, 1.165) is 52.4 Å². The van der Waals surface area contributed by atoms with E-state index in [2.05, 4.69) is 51.3 Å². The normalized spacial score (nSPS) is 18.8. The first-order chi connectivity index (χ1) is 20.9. The minimum Gasteiger partial charge on any atom is -0.489 e. The van der Waals surface area contributed by atoms with Crippen molar-refractivity contribution in [2.24, 2.45) is 0 Å². The molecule has 3 heterocycles. The summed E-state index contributed by atoms with van der Waals surface area (Å²) in [7, 11) is 0. The molecular weight excluding hydrogens is 574 g/mol. The summed E-state index contributed by atoms with van der Waals surface area (Å²) in [5.74, 6) is 0.493. The van der Waals surface area contributed by atoms with Crippen molar-refractivity contribution >= 4 is 28.6 Å². The molecule has 6 rings (SSSR count). The van der Waals surface area contributed by atoms with Gasteiger partial charge < -0.3 is 9.64 Å². The molecule has 0 bridgehead atoms. The molecule has 3 aromatic rings. The van der Waals surface area contributed by atoms with E-state index in [1.165, 1.54) is 4.31 Å². The summed E-state index contributed by atoms with van der Waals surface area (Å²) in [4.78, 5) is 13.1. The third-order valence-electron chi connectivity index (χ3n) is 8.30. The van der Waals surface area contributed by atoms with Gasteiger partial charge in [-0.1, -0.05) is 12.1 Å². The van der Waals surface area contributed by atoms with Crippen LogP contribution in [0.1, 0.15) is 35.2 Å². The SMILES string of the molecule is N#Cc1cc(-c2ncnc3c2C=C(c2ccc(N4CCN(CC(F)F)CC4)cc2)C3)ccc1OC1CCN(S(=O)O)CC1. The van der Waals surface area contributed by atoms with Crippen molar-refractivity contribution in [1.82, 2.24) is 19.2 Å². The van der Waals surface area contributed by atoms with Crippen LogP contribution in [0.5, 0.6) is 5.75 Å². The van der Waals surface area contributed by atoms with Gasteiger partial charge in [-0.15, -0.1) is 0 Å². The van der Waals surface area contributed by atoms with Crippen molar-refractivity contribution in [2.75, 3.05) is 50.7 Å². The van der Waals surface area contributed by atoms with Crippen molar-refractivity contribution < 1.29 is 22.3 Å². The zero-order valence-corrected chi connectivity index (χ0v) is 24.3. The lowest BCUT2D eigenvalue weighted by Gasteiger charge is -2.36. The maximum Gasteiger partial charge on any atom is 0.251 e. The number of nitriles is 1. The average Bonchev–Trinajstić information content (AvgIpc) is 3.46. The molecule has 9 nitrogen and oxygen atoms in total. The number of piperazine rings is 1. The molecule has 224 valence electrons. The fourth-order valence-corrected chi connectivity index (χ4v) is 6.49. The van der Waals surface area contributed by atoms with Crippen molar-refractivity contribution in [3.8, 4) is 23.1 Å². The van der Waals surface area contributed by atoms with Crippen molar-refractivity contribution in [3.63, 3.8) is 0 Å². The Hall–Kier alpha value is -3.76. The van der Waals surface area contributed by atoms with Crippen LogP contribution in [0.4, 0.5) is 14.5 Å². The molecule has 2 saturated heterocycles. The monoisotopic (exact) mass is 606 g/mol. The van der Waals surface area contributed by atoms with Crippen LogP contribution >= 0.6 is 0 Å². The van der Waals surface area contributed by atoms with Gasteiger partial charge in [-0.05, 0) is 60.4 Å². The van der Waals surface area contributed by atoms with Gasteiger partial charge in [0.1, 0.15) is 24.3 Å². The summed E-state index contributed by atoms with van der Waals surface area (Å²) in [5.41, 5.74) is 7.10. The molecule has 0 spiro atoms. The number of hydrogen-bond donors (Lipinski definition) is 1. The molecule has 1 unspecified atom stereocenters. The molecule has 2 fully saturated rings. The van der Waals surface area contributed by atoms with Crippen LogP contribution in [0.15, 0.2) is 48.8 Å². The molecule has 0 saturated carbocycles. The fraction of sp³-hybridized carbons (Fsp3) is 0.387. The maximum absolute atomic E-state index is 12.7. The highest BCUT2D eigenvalue weighted by molar-refractivity contribution is 7.76. The van der Waals surface area contributed by atoms with Crippen molar-refractivity contribution in [3.05, 3.63) is 71.2 Å². The lowest BCUT2D eigenvalue weighted by molar-refractivity contribution is 0.0854. The second-order valence-electron chi connectivity index (χ2n) is 11.0. The Bertz CT molecular complexity index is 1560. The number of ether oxygens (including phenoxy) is 1. The first-order valence-electron chi connectivity index (χ1n) is 14.4. The molecule has 0 radical (unpaired) electrons. The first kappa shape index (κ1) is 29.3. The zero-order valence-electron chi connectivity index (χ0n) is 23.5.